The Morgan fingerprint density at radius 2 is 1.19 bits per heavy atom. The minimum atomic E-state index is 0.227. The summed E-state index contributed by atoms with van der Waals surface area (Å²) in [4.78, 5) is 0. The molecule has 0 unspecified atom stereocenters. The van der Waals surface area contributed by atoms with Crippen LogP contribution < -0.4 is 10.6 Å². The summed E-state index contributed by atoms with van der Waals surface area (Å²) in [6, 6.07) is 1.52. The van der Waals surface area contributed by atoms with Crippen LogP contribution >= 0.6 is 0 Å². The molecule has 3 rings (SSSR count). The highest BCUT2D eigenvalue weighted by molar-refractivity contribution is 5.40. The number of allylic oxidation sites excluding steroid dienone is 2. The first-order valence-corrected chi connectivity index (χ1v) is 9.04. The van der Waals surface area contributed by atoms with Crippen molar-refractivity contribution in [3.8, 4) is 0 Å². The SMILES string of the molecule is CC1=CC=C(C)C1(CNC1CCCC1)CNC1CCCC1. The lowest BCUT2D eigenvalue weighted by Crippen LogP contribution is -2.47. The minimum Gasteiger partial charge on any atom is -0.313 e. The topological polar surface area (TPSA) is 24.1 Å². The average molecular weight is 288 g/mol. The zero-order chi connectivity index (χ0) is 14.7. The van der Waals surface area contributed by atoms with Gasteiger partial charge in [0.1, 0.15) is 0 Å². The molecule has 0 heterocycles. The van der Waals surface area contributed by atoms with Crippen molar-refractivity contribution in [3.63, 3.8) is 0 Å². The second-order valence-electron chi connectivity index (χ2n) is 7.51. The zero-order valence-electron chi connectivity index (χ0n) is 13.9. The second kappa shape index (κ2) is 6.66. The van der Waals surface area contributed by atoms with Gasteiger partial charge in [-0.25, -0.2) is 0 Å². The summed E-state index contributed by atoms with van der Waals surface area (Å²) < 4.78 is 0. The molecule has 3 aliphatic carbocycles. The summed E-state index contributed by atoms with van der Waals surface area (Å²) in [5, 5.41) is 7.76. The molecule has 0 bridgehead atoms. The van der Waals surface area contributed by atoms with Crippen LogP contribution in [0.3, 0.4) is 0 Å². The fraction of sp³-hybridized carbons (Fsp3) is 0.789. The molecule has 0 amide bonds. The van der Waals surface area contributed by atoms with Crippen molar-refractivity contribution in [2.75, 3.05) is 13.1 Å². The molecule has 2 fully saturated rings. The van der Waals surface area contributed by atoms with E-state index in [2.05, 4.69) is 36.6 Å². The molecule has 0 saturated heterocycles. The van der Waals surface area contributed by atoms with Crippen LogP contribution in [0.4, 0.5) is 0 Å². The van der Waals surface area contributed by atoms with Gasteiger partial charge in [-0.15, -0.1) is 0 Å². The summed E-state index contributed by atoms with van der Waals surface area (Å²) >= 11 is 0. The van der Waals surface area contributed by atoms with Crippen molar-refractivity contribution in [1.29, 1.82) is 0 Å². The first-order valence-electron chi connectivity index (χ1n) is 9.04. The van der Waals surface area contributed by atoms with Gasteiger partial charge in [-0.3, -0.25) is 0 Å². The van der Waals surface area contributed by atoms with Gasteiger partial charge in [-0.2, -0.15) is 0 Å². The van der Waals surface area contributed by atoms with E-state index in [4.69, 9.17) is 0 Å². The van der Waals surface area contributed by atoms with Gasteiger partial charge in [0.25, 0.3) is 0 Å². The smallest absolute Gasteiger partial charge is 0.0371 e. The van der Waals surface area contributed by atoms with E-state index in [1.165, 1.54) is 62.5 Å². The Labute approximate surface area is 130 Å². The van der Waals surface area contributed by atoms with Crippen LogP contribution in [0.25, 0.3) is 0 Å². The molecule has 3 aliphatic rings. The van der Waals surface area contributed by atoms with Crippen LogP contribution in [-0.2, 0) is 0 Å². The van der Waals surface area contributed by atoms with Crippen LogP contribution in [0.15, 0.2) is 23.3 Å². The van der Waals surface area contributed by atoms with Gasteiger partial charge in [-0.05, 0) is 39.5 Å². The van der Waals surface area contributed by atoms with Crippen molar-refractivity contribution in [2.24, 2.45) is 5.41 Å². The molecular weight excluding hydrogens is 256 g/mol. The predicted molar refractivity (Wildman–Crippen MR) is 90.5 cm³/mol. The summed E-state index contributed by atoms with van der Waals surface area (Å²) in [5.41, 5.74) is 3.30. The van der Waals surface area contributed by atoms with Crippen LogP contribution in [0.1, 0.15) is 65.2 Å². The lowest BCUT2D eigenvalue weighted by atomic mass is 9.77. The Morgan fingerprint density at radius 3 is 1.57 bits per heavy atom. The molecule has 2 N–H and O–H groups in total. The van der Waals surface area contributed by atoms with Crippen molar-refractivity contribution in [2.45, 2.75) is 77.3 Å². The fourth-order valence-corrected chi connectivity index (χ4v) is 4.40. The van der Waals surface area contributed by atoms with Crippen LogP contribution in [0.5, 0.6) is 0 Å². The molecule has 118 valence electrons. The monoisotopic (exact) mass is 288 g/mol. The predicted octanol–water partition coefficient (Wildman–Crippen LogP) is 3.94. The average Bonchev–Trinajstić information content (AvgIpc) is 3.21. The van der Waals surface area contributed by atoms with E-state index >= 15 is 0 Å². The third-order valence-electron chi connectivity index (χ3n) is 6.19. The van der Waals surface area contributed by atoms with Gasteiger partial charge in [0.2, 0.25) is 0 Å². The van der Waals surface area contributed by atoms with E-state index in [0.29, 0.717) is 0 Å². The lowest BCUT2D eigenvalue weighted by molar-refractivity contribution is 0.333. The zero-order valence-corrected chi connectivity index (χ0v) is 13.9. The molecule has 2 saturated carbocycles. The van der Waals surface area contributed by atoms with Crippen molar-refractivity contribution < 1.29 is 0 Å². The van der Waals surface area contributed by atoms with Crippen LogP contribution in [0.2, 0.25) is 0 Å². The van der Waals surface area contributed by atoms with E-state index in [9.17, 15) is 0 Å². The van der Waals surface area contributed by atoms with Gasteiger partial charge in [-0.1, -0.05) is 49.0 Å². The molecule has 0 aromatic heterocycles. The standard InChI is InChI=1S/C19H32N2/c1-15-11-12-16(2)19(15,13-20-17-7-3-4-8-17)14-21-18-9-5-6-10-18/h11-12,17-18,20-21H,3-10,13-14H2,1-2H3. The third kappa shape index (κ3) is 3.27. The van der Waals surface area contributed by atoms with E-state index in [-0.39, 0.29) is 5.41 Å². The molecule has 2 heteroatoms. The first-order chi connectivity index (χ1) is 10.2. The summed E-state index contributed by atoms with van der Waals surface area (Å²) in [6.45, 7) is 6.86. The Bertz CT molecular complexity index is 369. The Hall–Kier alpha value is -0.600. The maximum Gasteiger partial charge on any atom is 0.0371 e. The highest BCUT2D eigenvalue weighted by atomic mass is 15.0. The summed E-state index contributed by atoms with van der Waals surface area (Å²) in [7, 11) is 0. The normalized spacial score (nSPS) is 26.4. The molecule has 0 spiro atoms. The minimum absolute atomic E-state index is 0.227. The number of hydrogen-bond donors (Lipinski definition) is 2. The molecule has 0 aromatic rings. The van der Waals surface area contributed by atoms with Gasteiger partial charge in [0.05, 0.1) is 0 Å². The third-order valence-corrected chi connectivity index (χ3v) is 6.19. The molecule has 2 nitrogen and oxygen atoms in total. The Balaban J connectivity index is 1.62. The Morgan fingerprint density at radius 1 is 0.810 bits per heavy atom. The molecule has 0 aromatic carbocycles. The van der Waals surface area contributed by atoms with E-state index in [1.807, 2.05) is 0 Å². The van der Waals surface area contributed by atoms with Crippen LogP contribution in [0, 0.1) is 5.41 Å². The quantitative estimate of drug-likeness (QED) is 0.773. The van der Waals surface area contributed by atoms with Crippen molar-refractivity contribution >= 4 is 0 Å². The number of rotatable bonds is 6. The largest absolute Gasteiger partial charge is 0.313 e. The van der Waals surface area contributed by atoms with Crippen LogP contribution in [-0.4, -0.2) is 25.2 Å². The van der Waals surface area contributed by atoms with Gasteiger partial charge in [0, 0.05) is 30.6 Å². The van der Waals surface area contributed by atoms with Gasteiger partial charge >= 0.3 is 0 Å². The molecule has 0 radical (unpaired) electrons. The highest BCUT2D eigenvalue weighted by Crippen LogP contribution is 2.39. The molecular formula is C19H32N2. The van der Waals surface area contributed by atoms with E-state index in [0.717, 1.165) is 25.2 Å². The highest BCUT2D eigenvalue weighted by Gasteiger charge is 2.37. The molecule has 0 atom stereocenters. The maximum absolute atomic E-state index is 3.88. The fourth-order valence-electron chi connectivity index (χ4n) is 4.40. The van der Waals surface area contributed by atoms with Gasteiger partial charge in [0.15, 0.2) is 0 Å². The maximum atomic E-state index is 3.88. The number of hydrogen-bond acceptors (Lipinski definition) is 2. The number of nitrogens with one attached hydrogen (secondary N) is 2. The Kier molecular flexibility index (Phi) is 4.85. The summed E-state index contributed by atoms with van der Waals surface area (Å²) in [6.07, 6.45) is 15.8. The van der Waals surface area contributed by atoms with Crippen molar-refractivity contribution in [1.82, 2.24) is 10.6 Å². The lowest BCUT2D eigenvalue weighted by Gasteiger charge is -2.36. The second-order valence-corrected chi connectivity index (χ2v) is 7.51. The summed E-state index contributed by atoms with van der Waals surface area (Å²) in [5.74, 6) is 0. The van der Waals surface area contributed by atoms with E-state index in [1.54, 1.807) is 0 Å². The first kappa shape index (κ1) is 15.3. The molecule has 0 aliphatic heterocycles. The van der Waals surface area contributed by atoms with Gasteiger partial charge < -0.3 is 10.6 Å². The van der Waals surface area contributed by atoms with Crippen molar-refractivity contribution in [3.05, 3.63) is 23.3 Å². The van der Waals surface area contributed by atoms with E-state index < -0.39 is 0 Å². The molecule has 21 heavy (non-hydrogen) atoms.